The van der Waals surface area contributed by atoms with Gasteiger partial charge in [0.1, 0.15) is 5.82 Å². The number of rotatable bonds is 4. The van der Waals surface area contributed by atoms with Gasteiger partial charge in [-0.25, -0.2) is 4.98 Å². The number of imidazole rings is 1. The van der Waals surface area contributed by atoms with Crippen molar-refractivity contribution in [2.24, 2.45) is 0 Å². The first kappa shape index (κ1) is 12.4. The molecule has 0 saturated carbocycles. The zero-order valence-corrected chi connectivity index (χ0v) is 11.7. The summed E-state index contributed by atoms with van der Waals surface area (Å²) in [6, 6.07) is 3.96. The average Bonchev–Trinajstić information content (AvgIpc) is 3.22. The molecule has 0 spiro atoms. The second kappa shape index (κ2) is 5.21. The van der Waals surface area contributed by atoms with E-state index in [-0.39, 0.29) is 0 Å². The van der Waals surface area contributed by atoms with Crippen molar-refractivity contribution in [2.75, 3.05) is 6.54 Å². The van der Waals surface area contributed by atoms with E-state index in [0.29, 0.717) is 0 Å². The molecule has 1 aliphatic rings. The molecule has 3 aromatic heterocycles. The number of furan rings is 1. The Balaban J connectivity index is 1.48. The number of hydrogen-bond acceptors (Lipinski definition) is 4. The maximum atomic E-state index is 5.13. The lowest BCUT2D eigenvalue weighted by Crippen LogP contribution is -2.34. The molecule has 3 aromatic rings. The van der Waals surface area contributed by atoms with Gasteiger partial charge in [-0.05, 0) is 12.1 Å². The second-order valence-corrected chi connectivity index (χ2v) is 5.36. The molecule has 0 atom stereocenters. The molecule has 0 radical (unpaired) electrons. The van der Waals surface area contributed by atoms with Crippen LogP contribution in [0, 0.1) is 0 Å². The van der Waals surface area contributed by atoms with Crippen LogP contribution in [0.1, 0.15) is 17.1 Å². The molecule has 6 heteroatoms. The van der Waals surface area contributed by atoms with Crippen LogP contribution in [0.25, 0.3) is 0 Å². The predicted octanol–water partition coefficient (Wildman–Crippen LogP) is 1.74. The lowest BCUT2D eigenvalue weighted by molar-refractivity contribution is 0.206. The van der Waals surface area contributed by atoms with Crippen molar-refractivity contribution in [3.63, 3.8) is 0 Å². The molecule has 0 saturated heterocycles. The van der Waals surface area contributed by atoms with Gasteiger partial charge < -0.3 is 8.98 Å². The molecule has 4 rings (SSSR count). The lowest BCUT2D eigenvalue weighted by Gasteiger charge is -2.28. The van der Waals surface area contributed by atoms with E-state index in [1.807, 2.05) is 35.5 Å². The summed E-state index contributed by atoms with van der Waals surface area (Å²) in [5.41, 5.74) is 2.43. The van der Waals surface area contributed by atoms with Crippen molar-refractivity contribution in [2.45, 2.75) is 26.2 Å². The minimum Gasteiger partial charge on any atom is -0.472 e. The Kier molecular flexibility index (Phi) is 3.08. The van der Waals surface area contributed by atoms with E-state index in [4.69, 9.17) is 4.42 Å². The standard InChI is InChI=1S/C15H17N5O/c1-3-17-19(4-1)10-14-8-16-15-11-18(5-6-20(14)15)9-13-2-7-21-12-13/h1-4,7-8,12H,5-6,9-11H2. The first-order valence-electron chi connectivity index (χ1n) is 7.12. The van der Waals surface area contributed by atoms with Gasteiger partial charge in [0, 0.05) is 37.6 Å². The van der Waals surface area contributed by atoms with Crippen molar-refractivity contribution in [1.29, 1.82) is 0 Å². The lowest BCUT2D eigenvalue weighted by atomic mass is 10.2. The van der Waals surface area contributed by atoms with E-state index >= 15 is 0 Å². The fraction of sp³-hybridized carbons (Fsp3) is 0.333. The van der Waals surface area contributed by atoms with Crippen LogP contribution in [0.5, 0.6) is 0 Å². The van der Waals surface area contributed by atoms with Crippen LogP contribution < -0.4 is 0 Å². The minimum absolute atomic E-state index is 0.779. The highest BCUT2D eigenvalue weighted by atomic mass is 16.3. The minimum atomic E-state index is 0.779. The molecule has 0 aliphatic carbocycles. The highest BCUT2D eigenvalue weighted by Crippen LogP contribution is 2.17. The highest BCUT2D eigenvalue weighted by Gasteiger charge is 2.20. The normalized spacial score (nSPS) is 15.2. The van der Waals surface area contributed by atoms with E-state index in [1.165, 1.54) is 11.3 Å². The number of hydrogen-bond donors (Lipinski definition) is 0. The maximum absolute atomic E-state index is 5.13. The molecular weight excluding hydrogens is 266 g/mol. The van der Waals surface area contributed by atoms with Gasteiger partial charge in [-0.3, -0.25) is 9.58 Å². The Morgan fingerprint density at radius 2 is 2.24 bits per heavy atom. The van der Waals surface area contributed by atoms with Crippen LogP contribution in [0.4, 0.5) is 0 Å². The Labute approximate surface area is 122 Å². The fourth-order valence-electron chi connectivity index (χ4n) is 2.84. The topological polar surface area (TPSA) is 52.0 Å². The van der Waals surface area contributed by atoms with E-state index in [0.717, 1.165) is 38.5 Å². The van der Waals surface area contributed by atoms with Crippen LogP contribution in [-0.2, 0) is 26.2 Å². The van der Waals surface area contributed by atoms with Gasteiger partial charge in [0.25, 0.3) is 0 Å². The third-order valence-electron chi connectivity index (χ3n) is 3.90. The van der Waals surface area contributed by atoms with Gasteiger partial charge in [-0.1, -0.05) is 0 Å². The molecule has 0 aromatic carbocycles. The first-order chi connectivity index (χ1) is 10.4. The SMILES string of the molecule is c1cnn(Cc2cnc3n2CCN(Cc2ccoc2)C3)c1. The van der Waals surface area contributed by atoms with Crippen molar-refractivity contribution in [1.82, 2.24) is 24.2 Å². The molecule has 0 N–H and O–H groups in total. The van der Waals surface area contributed by atoms with E-state index in [9.17, 15) is 0 Å². The number of aromatic nitrogens is 4. The van der Waals surface area contributed by atoms with Crippen LogP contribution in [-0.4, -0.2) is 30.8 Å². The van der Waals surface area contributed by atoms with E-state index in [1.54, 1.807) is 12.5 Å². The quantitative estimate of drug-likeness (QED) is 0.732. The summed E-state index contributed by atoms with van der Waals surface area (Å²) in [7, 11) is 0. The van der Waals surface area contributed by atoms with Crippen molar-refractivity contribution >= 4 is 0 Å². The maximum Gasteiger partial charge on any atom is 0.123 e. The van der Waals surface area contributed by atoms with E-state index in [2.05, 4.69) is 19.5 Å². The Morgan fingerprint density at radius 3 is 3.05 bits per heavy atom. The van der Waals surface area contributed by atoms with E-state index < -0.39 is 0 Å². The largest absolute Gasteiger partial charge is 0.472 e. The summed E-state index contributed by atoms with van der Waals surface area (Å²) >= 11 is 0. The van der Waals surface area contributed by atoms with Gasteiger partial charge in [0.05, 0.1) is 37.5 Å². The van der Waals surface area contributed by atoms with Crippen LogP contribution >= 0.6 is 0 Å². The molecule has 4 heterocycles. The van der Waals surface area contributed by atoms with Crippen LogP contribution in [0.2, 0.25) is 0 Å². The number of fused-ring (bicyclic) bond motifs is 1. The zero-order valence-electron chi connectivity index (χ0n) is 11.7. The molecule has 0 amide bonds. The molecule has 6 nitrogen and oxygen atoms in total. The van der Waals surface area contributed by atoms with Gasteiger partial charge in [0.2, 0.25) is 0 Å². The predicted molar refractivity (Wildman–Crippen MR) is 76.4 cm³/mol. The second-order valence-electron chi connectivity index (χ2n) is 5.36. The summed E-state index contributed by atoms with van der Waals surface area (Å²) in [4.78, 5) is 6.97. The van der Waals surface area contributed by atoms with Crippen molar-refractivity contribution < 1.29 is 4.42 Å². The molecule has 1 aliphatic heterocycles. The smallest absolute Gasteiger partial charge is 0.123 e. The molecular formula is C15H17N5O. The molecule has 21 heavy (non-hydrogen) atoms. The summed E-state index contributed by atoms with van der Waals surface area (Å²) in [6.07, 6.45) is 9.29. The third kappa shape index (κ3) is 2.50. The van der Waals surface area contributed by atoms with Crippen molar-refractivity contribution in [3.8, 4) is 0 Å². The Morgan fingerprint density at radius 1 is 1.24 bits per heavy atom. The summed E-state index contributed by atoms with van der Waals surface area (Å²) in [6.45, 7) is 4.58. The monoisotopic (exact) mass is 283 g/mol. The van der Waals surface area contributed by atoms with Gasteiger partial charge in [-0.15, -0.1) is 0 Å². The molecule has 0 fully saturated rings. The number of nitrogens with zero attached hydrogens (tertiary/aromatic N) is 5. The van der Waals surface area contributed by atoms with Crippen molar-refractivity contribution in [3.05, 3.63) is 60.3 Å². The third-order valence-corrected chi connectivity index (χ3v) is 3.90. The van der Waals surface area contributed by atoms with Crippen LogP contribution in [0.3, 0.4) is 0 Å². The van der Waals surface area contributed by atoms with Gasteiger partial charge in [0.15, 0.2) is 0 Å². The first-order valence-corrected chi connectivity index (χ1v) is 7.12. The molecule has 0 bridgehead atoms. The zero-order chi connectivity index (χ0) is 14.1. The molecule has 0 unspecified atom stereocenters. The molecule has 108 valence electrons. The highest BCUT2D eigenvalue weighted by molar-refractivity contribution is 5.10. The average molecular weight is 283 g/mol. The Hall–Kier alpha value is -2.34. The summed E-state index contributed by atoms with van der Waals surface area (Å²) < 4.78 is 9.38. The summed E-state index contributed by atoms with van der Waals surface area (Å²) in [5, 5.41) is 4.26. The summed E-state index contributed by atoms with van der Waals surface area (Å²) in [5.74, 6) is 1.13. The Bertz CT molecular complexity index is 699. The fourth-order valence-corrected chi connectivity index (χ4v) is 2.84. The van der Waals surface area contributed by atoms with Gasteiger partial charge in [-0.2, -0.15) is 5.10 Å². The van der Waals surface area contributed by atoms with Crippen LogP contribution in [0.15, 0.2) is 47.7 Å². The van der Waals surface area contributed by atoms with Gasteiger partial charge >= 0.3 is 0 Å².